The molecular formula is C17H20BrClNO2-. The molecule has 3 atom stereocenters. The second-order valence-electron chi connectivity index (χ2n) is 5.60. The molecule has 5 heteroatoms. The zero-order valence-corrected chi connectivity index (χ0v) is 14.9. The fourth-order valence-electron chi connectivity index (χ4n) is 2.68. The van der Waals surface area contributed by atoms with Crippen LogP contribution in [-0.2, 0) is 4.79 Å². The Morgan fingerprint density at radius 2 is 2.14 bits per heavy atom. The number of nitrogens with one attached hydrogen (secondary N) is 1. The van der Waals surface area contributed by atoms with E-state index in [2.05, 4.69) is 27.8 Å². The van der Waals surface area contributed by atoms with Crippen LogP contribution in [0.5, 0.6) is 0 Å². The number of carboxylic acid groups (broad SMARTS) is 1. The van der Waals surface area contributed by atoms with Crippen molar-refractivity contribution in [2.45, 2.75) is 48.7 Å². The van der Waals surface area contributed by atoms with Gasteiger partial charge in [0.25, 0.3) is 0 Å². The number of unbranched alkanes of at least 4 members (excludes halogenated alkanes) is 1. The Kier molecular flexibility index (Phi) is 6.33. The normalized spacial score (nSPS) is 15.6. The summed E-state index contributed by atoms with van der Waals surface area (Å²) in [5.41, 5.74) is 1.84. The van der Waals surface area contributed by atoms with Crippen molar-refractivity contribution in [3.05, 3.63) is 36.0 Å². The van der Waals surface area contributed by atoms with Crippen molar-refractivity contribution in [3.8, 4) is 0 Å². The third kappa shape index (κ3) is 4.26. The quantitative estimate of drug-likeness (QED) is 0.699. The van der Waals surface area contributed by atoms with Gasteiger partial charge in [0.2, 0.25) is 0 Å². The van der Waals surface area contributed by atoms with Crippen LogP contribution in [0.25, 0.3) is 10.9 Å². The minimum atomic E-state index is -1.08. The van der Waals surface area contributed by atoms with Gasteiger partial charge in [-0.3, -0.25) is 0 Å². The number of para-hydroxylation sites is 1. The fraction of sp³-hybridized carbons (Fsp3) is 0.471. The molecule has 1 aromatic carbocycles. The standard InChI is InChI=1S/C17H21BrClNO2/c1-2-3-7-13(18)17(19)12(10-16(21)22)15-9-11-6-4-5-8-14(11)20-15/h4-6,8-9,12-13,17,20H,2-3,7,10H2,1H3,(H,21,22)/p-1. The van der Waals surface area contributed by atoms with Gasteiger partial charge in [-0.25, -0.2) is 0 Å². The summed E-state index contributed by atoms with van der Waals surface area (Å²) in [6.45, 7) is 2.12. The molecule has 0 fully saturated rings. The van der Waals surface area contributed by atoms with Crippen molar-refractivity contribution in [1.29, 1.82) is 0 Å². The molecule has 3 nitrogen and oxygen atoms in total. The molecule has 1 aromatic heterocycles. The lowest BCUT2D eigenvalue weighted by molar-refractivity contribution is -0.306. The number of hydrogen-bond donors (Lipinski definition) is 1. The first-order valence-corrected chi connectivity index (χ1v) is 8.93. The van der Waals surface area contributed by atoms with E-state index in [1.807, 2.05) is 30.3 Å². The average Bonchev–Trinajstić information content (AvgIpc) is 2.93. The SMILES string of the molecule is CCCCC(Br)C(Cl)C(CC(=O)[O-])c1cc2ccccc2[nH]1. The van der Waals surface area contributed by atoms with Crippen molar-refractivity contribution in [1.82, 2.24) is 4.98 Å². The topological polar surface area (TPSA) is 55.9 Å². The molecule has 0 aliphatic heterocycles. The van der Waals surface area contributed by atoms with Gasteiger partial charge in [0.1, 0.15) is 0 Å². The van der Waals surface area contributed by atoms with Gasteiger partial charge in [-0.1, -0.05) is 53.9 Å². The van der Waals surface area contributed by atoms with E-state index < -0.39 is 5.97 Å². The number of carbonyl (C=O) groups is 1. The summed E-state index contributed by atoms with van der Waals surface area (Å²) in [5, 5.41) is 11.9. The Hall–Kier alpha value is -1.00. The third-order valence-corrected chi connectivity index (χ3v) is 5.84. The maximum atomic E-state index is 11.1. The first-order chi connectivity index (χ1) is 10.5. The number of aromatic nitrogens is 1. The van der Waals surface area contributed by atoms with Gasteiger partial charge >= 0.3 is 0 Å². The highest BCUT2D eigenvalue weighted by Gasteiger charge is 2.28. The van der Waals surface area contributed by atoms with Crippen molar-refractivity contribution in [2.24, 2.45) is 0 Å². The molecule has 0 radical (unpaired) electrons. The minimum absolute atomic E-state index is 0.0740. The number of fused-ring (bicyclic) bond motifs is 1. The Bertz CT molecular complexity index is 595. The number of aliphatic carboxylic acids is 1. The Labute approximate surface area is 144 Å². The first kappa shape index (κ1) is 17.4. The average molecular weight is 386 g/mol. The van der Waals surface area contributed by atoms with Crippen molar-refractivity contribution in [3.63, 3.8) is 0 Å². The van der Waals surface area contributed by atoms with Gasteiger partial charge in [-0.05, 0) is 30.4 Å². The number of carboxylic acids is 1. The zero-order chi connectivity index (χ0) is 16.1. The minimum Gasteiger partial charge on any atom is -0.550 e. The van der Waals surface area contributed by atoms with Gasteiger partial charge < -0.3 is 14.9 Å². The van der Waals surface area contributed by atoms with Crippen molar-refractivity contribution in [2.75, 3.05) is 0 Å². The van der Waals surface area contributed by atoms with Crippen molar-refractivity contribution >= 4 is 44.4 Å². The van der Waals surface area contributed by atoms with Crippen LogP contribution in [0.1, 0.15) is 44.2 Å². The molecule has 0 bridgehead atoms. The molecular weight excluding hydrogens is 366 g/mol. The number of aromatic amines is 1. The lowest BCUT2D eigenvalue weighted by Crippen LogP contribution is -2.31. The van der Waals surface area contributed by atoms with Gasteiger partial charge in [0, 0.05) is 27.9 Å². The van der Waals surface area contributed by atoms with Crippen LogP contribution in [0.15, 0.2) is 30.3 Å². The number of benzene rings is 1. The first-order valence-electron chi connectivity index (χ1n) is 7.58. The van der Waals surface area contributed by atoms with Gasteiger partial charge in [0.05, 0.1) is 5.38 Å². The number of hydrogen-bond acceptors (Lipinski definition) is 2. The molecule has 0 amide bonds. The predicted molar refractivity (Wildman–Crippen MR) is 92.5 cm³/mol. The number of rotatable bonds is 8. The van der Waals surface area contributed by atoms with E-state index in [4.69, 9.17) is 11.6 Å². The van der Waals surface area contributed by atoms with E-state index in [0.29, 0.717) is 0 Å². The molecule has 0 aliphatic rings. The zero-order valence-electron chi connectivity index (χ0n) is 12.5. The number of alkyl halides is 2. The molecule has 1 heterocycles. The second-order valence-corrected chi connectivity index (χ2v) is 7.28. The summed E-state index contributed by atoms with van der Waals surface area (Å²) < 4.78 is 0. The Morgan fingerprint density at radius 1 is 1.41 bits per heavy atom. The fourth-order valence-corrected chi connectivity index (χ4v) is 3.72. The van der Waals surface area contributed by atoms with E-state index in [9.17, 15) is 9.90 Å². The maximum Gasteiger partial charge on any atom is 0.0547 e. The molecule has 1 N–H and O–H groups in total. The molecule has 120 valence electrons. The van der Waals surface area contributed by atoms with Crippen LogP contribution in [0.4, 0.5) is 0 Å². The van der Waals surface area contributed by atoms with Gasteiger partial charge in [-0.15, -0.1) is 11.6 Å². The molecule has 0 spiro atoms. The molecule has 3 unspecified atom stereocenters. The van der Waals surface area contributed by atoms with Crippen LogP contribution in [0.3, 0.4) is 0 Å². The lowest BCUT2D eigenvalue weighted by atomic mass is 9.93. The Morgan fingerprint density at radius 3 is 2.77 bits per heavy atom. The summed E-state index contributed by atoms with van der Waals surface area (Å²) in [5.74, 6) is -1.38. The van der Waals surface area contributed by atoms with Gasteiger partial charge in [0.15, 0.2) is 0 Å². The summed E-state index contributed by atoms with van der Waals surface area (Å²) >= 11 is 10.2. The molecule has 0 aliphatic carbocycles. The number of H-pyrrole nitrogens is 1. The second kappa shape index (κ2) is 8.02. The van der Waals surface area contributed by atoms with Crippen molar-refractivity contribution < 1.29 is 9.90 Å². The van der Waals surface area contributed by atoms with E-state index in [1.165, 1.54) is 0 Å². The summed E-state index contributed by atoms with van der Waals surface area (Å²) in [6.07, 6.45) is 2.98. The number of halogens is 2. The van der Waals surface area contributed by atoms with Crippen LogP contribution < -0.4 is 5.11 Å². The highest BCUT2D eigenvalue weighted by atomic mass is 79.9. The smallest absolute Gasteiger partial charge is 0.0547 e. The maximum absolute atomic E-state index is 11.1. The molecule has 2 aromatic rings. The molecule has 0 saturated carbocycles. The van der Waals surface area contributed by atoms with Crippen LogP contribution in [0, 0.1) is 0 Å². The number of carbonyl (C=O) groups excluding carboxylic acids is 1. The predicted octanol–water partition coefficient (Wildman–Crippen LogP) is 3.95. The lowest BCUT2D eigenvalue weighted by Gasteiger charge is -2.26. The monoisotopic (exact) mass is 384 g/mol. The van der Waals surface area contributed by atoms with E-state index in [0.717, 1.165) is 35.9 Å². The molecule has 2 rings (SSSR count). The van der Waals surface area contributed by atoms with Crippen LogP contribution in [-0.4, -0.2) is 21.2 Å². The van der Waals surface area contributed by atoms with E-state index in [-0.39, 0.29) is 22.5 Å². The van der Waals surface area contributed by atoms with Crippen LogP contribution >= 0.6 is 27.5 Å². The summed E-state index contributed by atoms with van der Waals surface area (Å²) in [4.78, 5) is 14.5. The molecule has 22 heavy (non-hydrogen) atoms. The van der Waals surface area contributed by atoms with E-state index in [1.54, 1.807) is 0 Å². The highest BCUT2D eigenvalue weighted by molar-refractivity contribution is 9.09. The Balaban J connectivity index is 2.26. The summed E-state index contributed by atoms with van der Waals surface area (Å²) in [7, 11) is 0. The van der Waals surface area contributed by atoms with Gasteiger partial charge in [-0.2, -0.15) is 0 Å². The summed E-state index contributed by atoms with van der Waals surface area (Å²) in [6, 6.07) is 9.86. The van der Waals surface area contributed by atoms with Crippen LogP contribution in [0.2, 0.25) is 0 Å². The van der Waals surface area contributed by atoms with E-state index >= 15 is 0 Å². The largest absolute Gasteiger partial charge is 0.550 e. The highest BCUT2D eigenvalue weighted by Crippen LogP contribution is 2.35. The third-order valence-electron chi connectivity index (χ3n) is 3.90. The molecule has 0 saturated heterocycles.